The molecule has 5 rings (SSSR count). The second kappa shape index (κ2) is 7.29. The lowest BCUT2D eigenvalue weighted by Crippen LogP contribution is -2.42. The molecule has 1 aliphatic heterocycles. The van der Waals surface area contributed by atoms with Gasteiger partial charge in [0.1, 0.15) is 6.04 Å². The van der Waals surface area contributed by atoms with E-state index in [1.54, 1.807) is 6.33 Å². The number of hydrogen-bond acceptors (Lipinski definition) is 5. The topological polar surface area (TPSA) is 87.9 Å². The molecule has 0 spiro atoms. The standard InChI is InChI=1S/C25H27N5O2/c1-14-12-30(23(31)22-15(2)29-24(32-22)25(3,4)5)21(20-19(14)27-13-28-20)18-10-16-8-6-7-9-17(16)11-26-18/h6-11,13-14,21H,12H2,1-5H3,(H,27,28)/t14-,21+/m0/s1. The van der Waals surface area contributed by atoms with E-state index in [1.807, 2.05) is 57.0 Å². The fraction of sp³-hybridized carbons (Fsp3) is 0.360. The average molecular weight is 430 g/mol. The molecule has 4 aromatic rings. The van der Waals surface area contributed by atoms with Gasteiger partial charge in [-0.15, -0.1) is 0 Å². The number of carbonyl (C=O) groups excluding carboxylic acids is 1. The Labute approximate surface area is 186 Å². The highest BCUT2D eigenvalue weighted by atomic mass is 16.4. The monoisotopic (exact) mass is 429 g/mol. The van der Waals surface area contributed by atoms with Crippen LogP contribution in [0.4, 0.5) is 0 Å². The van der Waals surface area contributed by atoms with E-state index in [9.17, 15) is 4.79 Å². The van der Waals surface area contributed by atoms with E-state index in [1.165, 1.54) is 0 Å². The molecule has 0 radical (unpaired) electrons. The number of imidazole rings is 1. The molecule has 0 bridgehead atoms. The highest BCUT2D eigenvalue weighted by Gasteiger charge is 2.40. The van der Waals surface area contributed by atoms with Crippen molar-refractivity contribution in [3.8, 4) is 0 Å². The average Bonchev–Trinajstić information content (AvgIpc) is 3.40. The molecule has 1 aromatic carbocycles. The molecule has 4 heterocycles. The molecule has 7 nitrogen and oxygen atoms in total. The van der Waals surface area contributed by atoms with E-state index < -0.39 is 0 Å². The summed E-state index contributed by atoms with van der Waals surface area (Å²) in [6.07, 6.45) is 3.55. The Balaban J connectivity index is 1.63. The maximum absolute atomic E-state index is 13.8. The number of rotatable bonds is 2. The van der Waals surface area contributed by atoms with Gasteiger partial charge in [0, 0.05) is 29.5 Å². The van der Waals surface area contributed by atoms with E-state index in [0.29, 0.717) is 18.1 Å². The lowest BCUT2D eigenvalue weighted by molar-refractivity contribution is 0.0632. The van der Waals surface area contributed by atoms with Crippen LogP contribution in [-0.2, 0) is 5.41 Å². The fourth-order valence-electron chi connectivity index (χ4n) is 4.37. The van der Waals surface area contributed by atoms with Crippen molar-refractivity contribution in [2.75, 3.05) is 6.54 Å². The smallest absolute Gasteiger partial charge is 0.292 e. The summed E-state index contributed by atoms with van der Waals surface area (Å²) in [5, 5.41) is 2.14. The summed E-state index contributed by atoms with van der Waals surface area (Å²) in [6.45, 7) is 10.5. The van der Waals surface area contributed by atoms with Gasteiger partial charge in [-0.3, -0.25) is 9.78 Å². The first-order valence-corrected chi connectivity index (χ1v) is 10.9. The summed E-state index contributed by atoms with van der Waals surface area (Å²) in [7, 11) is 0. The number of hydrogen-bond donors (Lipinski definition) is 1. The molecule has 32 heavy (non-hydrogen) atoms. The van der Waals surface area contributed by atoms with Gasteiger partial charge in [-0.2, -0.15) is 0 Å². The Morgan fingerprint density at radius 2 is 1.94 bits per heavy atom. The zero-order valence-corrected chi connectivity index (χ0v) is 19.0. The minimum Gasteiger partial charge on any atom is -0.435 e. The summed E-state index contributed by atoms with van der Waals surface area (Å²) in [5.41, 5.74) is 2.98. The number of nitrogens with zero attached hydrogens (tertiary/aromatic N) is 4. The van der Waals surface area contributed by atoms with Crippen LogP contribution in [0.3, 0.4) is 0 Å². The summed E-state index contributed by atoms with van der Waals surface area (Å²) in [6, 6.07) is 9.76. The minimum absolute atomic E-state index is 0.0854. The van der Waals surface area contributed by atoms with Gasteiger partial charge in [0.05, 0.1) is 29.1 Å². The third-order valence-corrected chi connectivity index (χ3v) is 6.05. The number of H-pyrrole nitrogens is 1. The van der Waals surface area contributed by atoms with Crippen LogP contribution in [0.25, 0.3) is 10.8 Å². The van der Waals surface area contributed by atoms with Gasteiger partial charge in [-0.1, -0.05) is 52.0 Å². The van der Waals surface area contributed by atoms with Crippen LogP contribution in [0.2, 0.25) is 0 Å². The molecule has 0 saturated carbocycles. The SMILES string of the molecule is Cc1nc(C(C)(C)C)oc1C(=O)N1C[C@H](C)c2nc[nH]c2[C@H]1c1cc2ccccc2cn1. The van der Waals surface area contributed by atoms with Crippen molar-refractivity contribution < 1.29 is 9.21 Å². The van der Waals surface area contributed by atoms with Crippen molar-refractivity contribution in [1.29, 1.82) is 0 Å². The van der Waals surface area contributed by atoms with Crippen LogP contribution in [0, 0.1) is 6.92 Å². The van der Waals surface area contributed by atoms with Crippen molar-refractivity contribution in [3.05, 3.63) is 77.3 Å². The Kier molecular flexibility index (Phi) is 4.65. The molecule has 1 aliphatic rings. The van der Waals surface area contributed by atoms with Crippen LogP contribution in [0.1, 0.15) is 78.9 Å². The quantitative estimate of drug-likeness (QED) is 0.490. The van der Waals surface area contributed by atoms with Gasteiger partial charge in [-0.25, -0.2) is 9.97 Å². The first-order chi connectivity index (χ1) is 15.2. The summed E-state index contributed by atoms with van der Waals surface area (Å²) >= 11 is 0. The number of carbonyl (C=O) groups is 1. The number of benzene rings is 1. The van der Waals surface area contributed by atoms with Crippen molar-refractivity contribution in [3.63, 3.8) is 0 Å². The van der Waals surface area contributed by atoms with Gasteiger partial charge < -0.3 is 14.3 Å². The Morgan fingerprint density at radius 3 is 2.66 bits per heavy atom. The van der Waals surface area contributed by atoms with Gasteiger partial charge in [0.2, 0.25) is 11.7 Å². The number of fused-ring (bicyclic) bond motifs is 2. The summed E-state index contributed by atoms with van der Waals surface area (Å²) in [4.78, 5) is 32.7. The zero-order chi connectivity index (χ0) is 22.6. The van der Waals surface area contributed by atoms with E-state index in [2.05, 4.69) is 34.0 Å². The zero-order valence-electron chi connectivity index (χ0n) is 19.0. The number of aryl methyl sites for hydroxylation is 1. The molecule has 3 aromatic heterocycles. The lowest BCUT2D eigenvalue weighted by atomic mass is 9.92. The van der Waals surface area contributed by atoms with Crippen LogP contribution < -0.4 is 0 Å². The van der Waals surface area contributed by atoms with E-state index >= 15 is 0 Å². The fourth-order valence-corrected chi connectivity index (χ4v) is 4.37. The van der Waals surface area contributed by atoms with Crippen LogP contribution >= 0.6 is 0 Å². The molecule has 0 fully saturated rings. The molecule has 164 valence electrons. The predicted molar refractivity (Wildman–Crippen MR) is 122 cm³/mol. The molecule has 0 aliphatic carbocycles. The summed E-state index contributed by atoms with van der Waals surface area (Å²) in [5.74, 6) is 0.752. The highest BCUT2D eigenvalue weighted by molar-refractivity contribution is 5.93. The Hall–Kier alpha value is -3.48. The first-order valence-electron chi connectivity index (χ1n) is 10.9. The molecule has 2 atom stereocenters. The third-order valence-electron chi connectivity index (χ3n) is 6.05. The van der Waals surface area contributed by atoms with Crippen molar-refractivity contribution in [2.45, 2.75) is 52.0 Å². The Morgan fingerprint density at radius 1 is 1.19 bits per heavy atom. The maximum Gasteiger partial charge on any atom is 0.292 e. The second-order valence-corrected chi connectivity index (χ2v) is 9.60. The van der Waals surface area contributed by atoms with Crippen molar-refractivity contribution >= 4 is 16.7 Å². The van der Waals surface area contributed by atoms with Gasteiger partial charge in [-0.05, 0) is 18.4 Å². The molecular weight excluding hydrogens is 402 g/mol. The third kappa shape index (κ3) is 3.28. The van der Waals surface area contributed by atoms with Gasteiger partial charge in [0.25, 0.3) is 5.91 Å². The molecular formula is C25H27N5O2. The van der Waals surface area contributed by atoms with Gasteiger partial charge in [0.15, 0.2) is 0 Å². The number of pyridine rings is 1. The lowest BCUT2D eigenvalue weighted by Gasteiger charge is -2.37. The Bertz CT molecular complexity index is 1310. The largest absolute Gasteiger partial charge is 0.435 e. The number of amides is 1. The highest BCUT2D eigenvalue weighted by Crippen LogP contribution is 2.39. The molecule has 0 unspecified atom stereocenters. The number of aromatic nitrogens is 4. The second-order valence-electron chi connectivity index (χ2n) is 9.60. The normalized spacial score (nSPS) is 18.7. The van der Waals surface area contributed by atoms with Crippen LogP contribution in [0.15, 0.2) is 47.3 Å². The molecule has 1 N–H and O–H groups in total. The van der Waals surface area contributed by atoms with E-state index in [4.69, 9.17) is 9.40 Å². The van der Waals surface area contributed by atoms with Crippen LogP contribution in [0.5, 0.6) is 0 Å². The minimum atomic E-state index is -0.386. The van der Waals surface area contributed by atoms with Gasteiger partial charge >= 0.3 is 0 Å². The molecule has 0 saturated heterocycles. The van der Waals surface area contributed by atoms with E-state index in [0.717, 1.165) is 27.9 Å². The van der Waals surface area contributed by atoms with Crippen molar-refractivity contribution in [1.82, 2.24) is 24.8 Å². The number of nitrogens with one attached hydrogen (secondary N) is 1. The predicted octanol–water partition coefficient (Wildman–Crippen LogP) is 4.90. The number of aromatic amines is 1. The molecule has 1 amide bonds. The first kappa shape index (κ1) is 20.4. The number of oxazole rings is 1. The van der Waals surface area contributed by atoms with E-state index in [-0.39, 0.29) is 29.0 Å². The van der Waals surface area contributed by atoms with Crippen LogP contribution in [-0.4, -0.2) is 37.3 Å². The maximum atomic E-state index is 13.8. The summed E-state index contributed by atoms with van der Waals surface area (Å²) < 4.78 is 6.00. The van der Waals surface area contributed by atoms with Crippen molar-refractivity contribution in [2.24, 2.45) is 0 Å². The molecule has 7 heteroatoms.